The van der Waals surface area contributed by atoms with E-state index in [0.717, 1.165) is 28.7 Å². The molecule has 130 valence electrons. The molecule has 0 bridgehead atoms. The average Bonchev–Trinajstić information content (AvgIpc) is 3.05. The minimum absolute atomic E-state index is 0.0456. The number of nitrogens with one attached hydrogen (secondary N) is 1. The molecular formula is C19H19BrN2O3. The van der Waals surface area contributed by atoms with Crippen molar-refractivity contribution in [3.8, 4) is 5.75 Å². The lowest BCUT2D eigenvalue weighted by Crippen LogP contribution is -2.28. The van der Waals surface area contributed by atoms with E-state index in [1.807, 2.05) is 36.4 Å². The molecule has 1 N–H and O–H groups in total. The molecule has 1 heterocycles. The van der Waals surface area contributed by atoms with Crippen LogP contribution < -0.4 is 15.0 Å². The fourth-order valence-corrected chi connectivity index (χ4v) is 3.14. The summed E-state index contributed by atoms with van der Waals surface area (Å²) in [5.41, 5.74) is 1.89. The third-order valence-corrected chi connectivity index (χ3v) is 4.46. The molecule has 0 radical (unpaired) electrons. The number of hydrogen-bond acceptors (Lipinski definition) is 3. The predicted molar refractivity (Wildman–Crippen MR) is 99.5 cm³/mol. The van der Waals surface area contributed by atoms with Crippen molar-refractivity contribution >= 4 is 33.4 Å². The number of rotatable bonds is 6. The maximum absolute atomic E-state index is 11.9. The fourth-order valence-electron chi connectivity index (χ4n) is 2.69. The first kappa shape index (κ1) is 17.5. The van der Waals surface area contributed by atoms with Crippen molar-refractivity contribution in [3.05, 3.63) is 58.6 Å². The Bertz CT molecular complexity index is 762. The minimum Gasteiger partial charge on any atom is -0.484 e. The summed E-state index contributed by atoms with van der Waals surface area (Å²) in [6, 6.07) is 15.0. The lowest BCUT2D eigenvalue weighted by Gasteiger charge is -2.16. The molecule has 2 amide bonds. The van der Waals surface area contributed by atoms with Crippen molar-refractivity contribution in [2.24, 2.45) is 0 Å². The van der Waals surface area contributed by atoms with Crippen LogP contribution in [-0.2, 0) is 16.1 Å². The van der Waals surface area contributed by atoms with Crippen LogP contribution in [0.3, 0.4) is 0 Å². The Morgan fingerprint density at radius 2 is 2.00 bits per heavy atom. The van der Waals surface area contributed by atoms with E-state index in [0.29, 0.717) is 18.7 Å². The number of carbonyl (C=O) groups excluding carboxylic acids is 2. The zero-order valence-corrected chi connectivity index (χ0v) is 15.3. The van der Waals surface area contributed by atoms with Crippen LogP contribution in [0, 0.1) is 0 Å². The van der Waals surface area contributed by atoms with Gasteiger partial charge in [0.2, 0.25) is 5.91 Å². The van der Waals surface area contributed by atoms with Gasteiger partial charge in [-0.15, -0.1) is 0 Å². The van der Waals surface area contributed by atoms with Crippen molar-refractivity contribution in [2.75, 3.05) is 18.1 Å². The smallest absolute Gasteiger partial charge is 0.258 e. The minimum atomic E-state index is -0.182. The van der Waals surface area contributed by atoms with Crippen LogP contribution in [0.4, 0.5) is 5.69 Å². The zero-order chi connectivity index (χ0) is 17.6. The Labute approximate surface area is 155 Å². The molecule has 1 aliphatic rings. The molecule has 2 aromatic carbocycles. The number of carbonyl (C=O) groups is 2. The normalized spacial score (nSPS) is 13.8. The summed E-state index contributed by atoms with van der Waals surface area (Å²) in [6.45, 7) is 1.17. The van der Waals surface area contributed by atoms with Crippen LogP contribution in [0.5, 0.6) is 5.75 Å². The Balaban J connectivity index is 1.46. The van der Waals surface area contributed by atoms with Crippen molar-refractivity contribution in [2.45, 2.75) is 19.4 Å². The summed E-state index contributed by atoms with van der Waals surface area (Å²) in [7, 11) is 0. The first-order valence-electron chi connectivity index (χ1n) is 8.16. The second kappa shape index (κ2) is 8.16. The molecule has 2 aromatic rings. The van der Waals surface area contributed by atoms with Crippen LogP contribution in [0.25, 0.3) is 0 Å². The summed E-state index contributed by atoms with van der Waals surface area (Å²) >= 11 is 3.40. The van der Waals surface area contributed by atoms with E-state index in [1.54, 1.807) is 17.0 Å². The van der Waals surface area contributed by atoms with Gasteiger partial charge in [0.15, 0.2) is 6.61 Å². The van der Waals surface area contributed by atoms with Gasteiger partial charge in [0.25, 0.3) is 5.91 Å². The Kier molecular flexibility index (Phi) is 5.71. The largest absolute Gasteiger partial charge is 0.484 e. The number of nitrogens with zero attached hydrogens (tertiary/aromatic N) is 1. The van der Waals surface area contributed by atoms with Crippen LogP contribution in [0.1, 0.15) is 18.4 Å². The lowest BCUT2D eigenvalue weighted by molar-refractivity contribution is -0.123. The first-order valence-corrected chi connectivity index (χ1v) is 8.95. The third-order valence-electron chi connectivity index (χ3n) is 3.97. The van der Waals surface area contributed by atoms with Gasteiger partial charge in [0, 0.05) is 29.7 Å². The number of anilines is 1. The molecule has 0 saturated carbocycles. The van der Waals surface area contributed by atoms with E-state index in [2.05, 4.69) is 21.2 Å². The quantitative estimate of drug-likeness (QED) is 0.806. The maximum Gasteiger partial charge on any atom is 0.258 e. The topological polar surface area (TPSA) is 58.6 Å². The monoisotopic (exact) mass is 402 g/mol. The molecule has 0 atom stereocenters. The lowest BCUT2D eigenvalue weighted by atomic mass is 10.2. The molecule has 6 heteroatoms. The number of hydrogen-bond donors (Lipinski definition) is 1. The number of halogens is 1. The van der Waals surface area contributed by atoms with Crippen LogP contribution in [-0.4, -0.2) is 25.0 Å². The predicted octanol–water partition coefficient (Wildman–Crippen LogP) is 3.27. The Morgan fingerprint density at radius 3 is 2.68 bits per heavy atom. The summed E-state index contributed by atoms with van der Waals surface area (Å²) in [4.78, 5) is 25.4. The van der Waals surface area contributed by atoms with Gasteiger partial charge in [-0.1, -0.05) is 28.1 Å². The van der Waals surface area contributed by atoms with Gasteiger partial charge >= 0.3 is 0 Å². The molecule has 0 aliphatic carbocycles. The number of ether oxygens (including phenoxy) is 1. The highest BCUT2D eigenvalue weighted by atomic mass is 79.9. The van der Waals surface area contributed by atoms with Crippen LogP contribution >= 0.6 is 15.9 Å². The standard InChI is InChI=1S/C19H19BrN2O3/c20-15-4-1-3-14(11-15)12-21-18(23)13-25-17-8-6-16(7-9-17)22-10-2-5-19(22)24/h1,3-4,6-9,11H,2,5,10,12-13H2,(H,21,23). The van der Waals surface area contributed by atoms with Crippen molar-refractivity contribution in [1.29, 1.82) is 0 Å². The Hall–Kier alpha value is -2.34. The third kappa shape index (κ3) is 4.82. The summed E-state index contributed by atoms with van der Waals surface area (Å²) in [6.07, 6.45) is 1.51. The fraction of sp³-hybridized carbons (Fsp3) is 0.263. The van der Waals surface area contributed by atoms with Crippen LogP contribution in [0.15, 0.2) is 53.0 Å². The van der Waals surface area contributed by atoms with E-state index < -0.39 is 0 Å². The molecule has 5 nitrogen and oxygen atoms in total. The van der Waals surface area contributed by atoms with Gasteiger partial charge in [-0.2, -0.15) is 0 Å². The molecule has 25 heavy (non-hydrogen) atoms. The number of benzene rings is 2. The second-order valence-corrected chi connectivity index (χ2v) is 6.75. The molecular weight excluding hydrogens is 384 g/mol. The van der Waals surface area contributed by atoms with Crippen molar-refractivity contribution < 1.29 is 14.3 Å². The van der Waals surface area contributed by atoms with E-state index in [4.69, 9.17) is 4.74 Å². The molecule has 1 aliphatic heterocycles. The average molecular weight is 403 g/mol. The summed E-state index contributed by atoms with van der Waals surface area (Å²) in [5.74, 6) is 0.576. The van der Waals surface area contributed by atoms with Gasteiger partial charge in [-0.3, -0.25) is 9.59 Å². The van der Waals surface area contributed by atoms with Gasteiger partial charge < -0.3 is 15.0 Å². The second-order valence-electron chi connectivity index (χ2n) is 5.84. The maximum atomic E-state index is 11.9. The molecule has 0 spiro atoms. The van der Waals surface area contributed by atoms with Crippen molar-refractivity contribution in [3.63, 3.8) is 0 Å². The first-order chi connectivity index (χ1) is 12.1. The summed E-state index contributed by atoms with van der Waals surface area (Å²) < 4.78 is 6.48. The molecule has 3 rings (SSSR count). The van der Waals surface area contributed by atoms with E-state index >= 15 is 0 Å². The number of amides is 2. The summed E-state index contributed by atoms with van der Waals surface area (Å²) in [5, 5.41) is 2.82. The molecule has 0 aromatic heterocycles. The van der Waals surface area contributed by atoms with Gasteiger partial charge in [-0.05, 0) is 48.4 Å². The van der Waals surface area contributed by atoms with Gasteiger partial charge in [0.05, 0.1) is 0 Å². The zero-order valence-electron chi connectivity index (χ0n) is 13.7. The Morgan fingerprint density at radius 1 is 1.20 bits per heavy atom. The molecule has 1 fully saturated rings. The van der Waals surface area contributed by atoms with Crippen LogP contribution in [0.2, 0.25) is 0 Å². The van der Waals surface area contributed by atoms with Gasteiger partial charge in [0.1, 0.15) is 5.75 Å². The molecule has 1 saturated heterocycles. The van der Waals surface area contributed by atoms with Gasteiger partial charge in [-0.25, -0.2) is 0 Å². The SMILES string of the molecule is O=C(COc1ccc(N2CCCC2=O)cc1)NCc1cccc(Br)c1. The van der Waals surface area contributed by atoms with E-state index in [1.165, 1.54) is 0 Å². The molecule has 0 unspecified atom stereocenters. The van der Waals surface area contributed by atoms with Crippen molar-refractivity contribution in [1.82, 2.24) is 5.32 Å². The highest BCUT2D eigenvalue weighted by Gasteiger charge is 2.21. The highest BCUT2D eigenvalue weighted by molar-refractivity contribution is 9.10. The van der Waals surface area contributed by atoms with E-state index in [-0.39, 0.29) is 18.4 Å². The van der Waals surface area contributed by atoms with E-state index in [9.17, 15) is 9.59 Å². The highest BCUT2D eigenvalue weighted by Crippen LogP contribution is 2.23.